The number of nitrogens with zero attached hydrogens (tertiary/aromatic N) is 1. The third-order valence-electron chi connectivity index (χ3n) is 8.38. The molecule has 0 heterocycles. The van der Waals surface area contributed by atoms with Crippen molar-refractivity contribution in [3.05, 3.63) is 24.3 Å². The molecule has 0 aromatic rings. The first-order chi connectivity index (χ1) is 22.6. The fraction of sp³-hybridized carbons (Fsp3) is 0.821. The number of aliphatic carboxylic acids is 1. The van der Waals surface area contributed by atoms with E-state index < -0.39 is 18.1 Å². The van der Waals surface area contributed by atoms with Gasteiger partial charge in [-0.15, -0.1) is 0 Å². The van der Waals surface area contributed by atoms with Gasteiger partial charge in [-0.1, -0.05) is 128 Å². The van der Waals surface area contributed by atoms with Crippen molar-refractivity contribution in [3.8, 4) is 0 Å². The van der Waals surface area contributed by atoms with Gasteiger partial charge < -0.3 is 23.8 Å². The van der Waals surface area contributed by atoms with E-state index in [-0.39, 0.29) is 36.2 Å². The van der Waals surface area contributed by atoms with Gasteiger partial charge in [-0.05, 0) is 32.1 Å². The molecule has 0 aliphatic carbocycles. The van der Waals surface area contributed by atoms with Crippen molar-refractivity contribution in [3.63, 3.8) is 0 Å². The number of carbonyl (C=O) groups is 3. The highest BCUT2D eigenvalue weighted by molar-refractivity contribution is 5.72. The molecule has 274 valence electrons. The van der Waals surface area contributed by atoms with Crippen molar-refractivity contribution in [1.82, 2.24) is 0 Å². The average Bonchev–Trinajstić information content (AvgIpc) is 3.01. The van der Waals surface area contributed by atoms with Gasteiger partial charge in [-0.25, -0.2) is 4.79 Å². The Morgan fingerprint density at radius 3 is 1.66 bits per heavy atom. The van der Waals surface area contributed by atoms with Crippen molar-refractivity contribution in [1.29, 1.82) is 0 Å². The average molecular weight is 667 g/mol. The van der Waals surface area contributed by atoms with E-state index in [1.165, 1.54) is 70.6 Å². The molecule has 8 heteroatoms. The van der Waals surface area contributed by atoms with Gasteiger partial charge in [0.25, 0.3) is 0 Å². The summed E-state index contributed by atoms with van der Waals surface area (Å²) < 4.78 is 17.1. The lowest BCUT2D eigenvalue weighted by atomic mass is 10.0. The highest BCUT2D eigenvalue weighted by atomic mass is 16.6. The van der Waals surface area contributed by atoms with E-state index in [0.29, 0.717) is 19.3 Å². The Morgan fingerprint density at radius 1 is 0.638 bits per heavy atom. The zero-order chi connectivity index (χ0) is 35.0. The summed E-state index contributed by atoms with van der Waals surface area (Å²) in [5.41, 5.74) is 0. The molecular weight excluding hydrogens is 594 g/mol. The highest BCUT2D eigenvalue weighted by Crippen LogP contribution is 2.14. The molecule has 0 saturated carbocycles. The highest BCUT2D eigenvalue weighted by Gasteiger charge is 2.31. The lowest BCUT2D eigenvalue weighted by Gasteiger charge is -2.31. The predicted octanol–water partition coefficient (Wildman–Crippen LogP) is 9.35. The number of quaternary nitrogens is 1. The van der Waals surface area contributed by atoms with Gasteiger partial charge in [-0.2, -0.15) is 0 Å². The smallest absolute Gasteiger partial charge is 0.362 e. The largest absolute Gasteiger partial charge is 0.477 e. The van der Waals surface area contributed by atoms with Crippen LogP contribution in [-0.4, -0.2) is 80.6 Å². The Hall–Kier alpha value is -2.19. The first kappa shape index (κ1) is 44.8. The van der Waals surface area contributed by atoms with Gasteiger partial charge in [-0.3, -0.25) is 9.59 Å². The molecule has 0 rings (SSSR count). The molecule has 2 atom stereocenters. The van der Waals surface area contributed by atoms with Crippen LogP contribution < -0.4 is 0 Å². The summed E-state index contributed by atoms with van der Waals surface area (Å²) in [4.78, 5) is 36.7. The van der Waals surface area contributed by atoms with Crippen LogP contribution in [0.3, 0.4) is 0 Å². The molecule has 47 heavy (non-hydrogen) atoms. The number of rotatable bonds is 33. The fourth-order valence-electron chi connectivity index (χ4n) is 5.36. The second-order valence-electron chi connectivity index (χ2n) is 13.9. The standard InChI is InChI=1S/C39H71NO7/c1-6-8-10-12-14-16-18-20-21-23-25-27-29-37(41)46-34-35(33-45-32-31-36(39(43)44)40(3,4)5)47-38(42)30-28-26-24-22-19-17-15-13-11-9-7-2/h13,15,17,19,35-36H,6-12,14,16,18,20-34H2,1-5H3/p+1/b15-13+,19-17+. The van der Waals surface area contributed by atoms with Gasteiger partial charge in [0.15, 0.2) is 12.1 Å². The van der Waals surface area contributed by atoms with Crippen LogP contribution >= 0.6 is 0 Å². The number of carboxylic acids is 1. The number of carboxylic acid groups (broad SMARTS) is 1. The topological polar surface area (TPSA) is 99.1 Å². The molecule has 0 fully saturated rings. The van der Waals surface area contributed by atoms with E-state index in [4.69, 9.17) is 14.2 Å². The normalized spacial score (nSPS) is 13.3. The maximum absolute atomic E-state index is 12.6. The summed E-state index contributed by atoms with van der Waals surface area (Å²) in [6.07, 6.45) is 30.7. The Kier molecular flexibility index (Phi) is 29.7. The molecule has 0 amide bonds. The third-order valence-corrected chi connectivity index (χ3v) is 8.38. The predicted molar refractivity (Wildman–Crippen MR) is 192 cm³/mol. The van der Waals surface area contributed by atoms with Crippen LogP contribution in [0.1, 0.15) is 155 Å². The van der Waals surface area contributed by atoms with Crippen LogP contribution in [0.15, 0.2) is 24.3 Å². The van der Waals surface area contributed by atoms with Crippen LogP contribution in [0, 0.1) is 0 Å². The van der Waals surface area contributed by atoms with Crippen LogP contribution in [-0.2, 0) is 28.6 Å². The molecule has 8 nitrogen and oxygen atoms in total. The number of hydrogen-bond donors (Lipinski definition) is 1. The lowest BCUT2D eigenvalue weighted by Crippen LogP contribution is -2.50. The molecule has 0 aromatic carbocycles. The van der Waals surface area contributed by atoms with E-state index in [2.05, 4.69) is 38.2 Å². The van der Waals surface area contributed by atoms with Gasteiger partial charge in [0, 0.05) is 19.3 Å². The third kappa shape index (κ3) is 29.7. The van der Waals surface area contributed by atoms with Crippen molar-refractivity contribution < 1.29 is 38.2 Å². The quantitative estimate of drug-likeness (QED) is 0.0322. The maximum Gasteiger partial charge on any atom is 0.362 e. The molecule has 0 aliphatic rings. The molecule has 1 N–H and O–H groups in total. The van der Waals surface area contributed by atoms with Gasteiger partial charge in [0.1, 0.15) is 6.61 Å². The maximum atomic E-state index is 12.6. The van der Waals surface area contributed by atoms with Crippen molar-refractivity contribution in [2.75, 3.05) is 41.0 Å². The molecule has 0 saturated heterocycles. The first-order valence-corrected chi connectivity index (χ1v) is 18.9. The van der Waals surface area contributed by atoms with Crippen molar-refractivity contribution in [2.45, 2.75) is 167 Å². The Bertz CT molecular complexity index is 834. The second-order valence-corrected chi connectivity index (χ2v) is 13.9. The number of ether oxygens (including phenoxy) is 3. The van der Waals surface area contributed by atoms with Crippen LogP contribution in [0.2, 0.25) is 0 Å². The number of esters is 2. The summed E-state index contributed by atoms with van der Waals surface area (Å²) in [6, 6.07) is -0.615. The zero-order valence-electron chi connectivity index (χ0n) is 31.0. The monoisotopic (exact) mass is 667 g/mol. The van der Waals surface area contributed by atoms with Crippen LogP contribution in [0.5, 0.6) is 0 Å². The number of allylic oxidation sites excluding steroid dienone is 4. The van der Waals surface area contributed by atoms with E-state index in [1.54, 1.807) is 0 Å². The number of carbonyl (C=O) groups excluding carboxylic acids is 2. The summed E-state index contributed by atoms with van der Waals surface area (Å²) in [6.45, 7) is 4.64. The van der Waals surface area contributed by atoms with Gasteiger partial charge in [0.2, 0.25) is 0 Å². The summed E-state index contributed by atoms with van der Waals surface area (Å²) in [5, 5.41) is 9.57. The molecule has 2 unspecified atom stereocenters. The Labute approximate surface area is 288 Å². The SMILES string of the molecule is CCCC/C=C/C=C/CCCCCC(=O)OC(COCCC(C(=O)O)[N+](C)(C)C)COC(=O)CCCCCCCCCCCCCC. The lowest BCUT2D eigenvalue weighted by molar-refractivity contribution is -0.887. The van der Waals surface area contributed by atoms with Gasteiger partial charge in [0.05, 0.1) is 34.4 Å². The molecular formula is C39H72NO7+. The second kappa shape index (κ2) is 31.1. The molecule has 0 radical (unpaired) electrons. The first-order valence-electron chi connectivity index (χ1n) is 18.9. The summed E-state index contributed by atoms with van der Waals surface area (Å²) >= 11 is 0. The fourth-order valence-corrected chi connectivity index (χ4v) is 5.36. The molecule has 0 aliphatic heterocycles. The molecule has 0 bridgehead atoms. The van der Waals surface area contributed by atoms with Crippen LogP contribution in [0.25, 0.3) is 0 Å². The number of unbranched alkanes of at least 4 members (excludes halogenated alkanes) is 16. The van der Waals surface area contributed by atoms with E-state index in [9.17, 15) is 19.5 Å². The molecule has 0 aromatic heterocycles. The van der Waals surface area contributed by atoms with E-state index >= 15 is 0 Å². The van der Waals surface area contributed by atoms with Crippen LogP contribution in [0.4, 0.5) is 0 Å². The Morgan fingerprint density at radius 2 is 1.13 bits per heavy atom. The summed E-state index contributed by atoms with van der Waals surface area (Å²) in [7, 11) is 5.50. The van der Waals surface area contributed by atoms with Gasteiger partial charge >= 0.3 is 17.9 Å². The van der Waals surface area contributed by atoms with E-state index in [1.807, 2.05) is 21.1 Å². The minimum atomic E-state index is -0.880. The minimum absolute atomic E-state index is 0.0532. The zero-order valence-corrected chi connectivity index (χ0v) is 31.0. The van der Waals surface area contributed by atoms with Crippen molar-refractivity contribution in [2.24, 2.45) is 0 Å². The Balaban J connectivity index is 4.46. The summed E-state index contributed by atoms with van der Waals surface area (Å²) in [5.74, 6) is -1.50. The number of hydrogen-bond acceptors (Lipinski definition) is 6. The van der Waals surface area contributed by atoms with Crippen molar-refractivity contribution >= 4 is 17.9 Å². The molecule has 0 spiro atoms. The number of likely N-dealkylation sites (N-methyl/N-ethyl adjacent to an activating group) is 1. The van der Waals surface area contributed by atoms with E-state index in [0.717, 1.165) is 51.4 Å². The minimum Gasteiger partial charge on any atom is -0.477 e.